The molecule has 0 aliphatic heterocycles. The van der Waals surface area contributed by atoms with Crippen LogP contribution in [-0.4, -0.2) is 19.2 Å². The minimum Gasteiger partial charge on any atom is -0.379 e. The van der Waals surface area contributed by atoms with Crippen LogP contribution in [0.3, 0.4) is 0 Å². The molecule has 0 atom stereocenters. The highest BCUT2D eigenvalue weighted by Crippen LogP contribution is 2.24. The number of para-hydroxylation sites is 1. The molecule has 0 amide bonds. The maximum absolute atomic E-state index is 12.2. The van der Waals surface area contributed by atoms with E-state index in [4.69, 9.17) is 0 Å². The first-order chi connectivity index (χ1) is 9.54. The first-order valence-corrected chi connectivity index (χ1v) is 9.02. The van der Waals surface area contributed by atoms with Gasteiger partial charge in [-0.2, -0.15) is 0 Å². The average molecular weight is 310 g/mol. The Kier molecular flexibility index (Phi) is 4.77. The van der Waals surface area contributed by atoms with Crippen LogP contribution < -0.4 is 5.32 Å². The molecule has 108 valence electrons. The van der Waals surface area contributed by atoms with Crippen molar-refractivity contribution in [1.29, 1.82) is 0 Å². The number of aryl methyl sites for hydroxylation is 1. The van der Waals surface area contributed by atoms with Crippen LogP contribution in [0.2, 0.25) is 0 Å². The van der Waals surface area contributed by atoms with Gasteiger partial charge in [-0.05, 0) is 25.5 Å². The number of hydrogen-bond acceptors (Lipinski definition) is 5. The van der Waals surface area contributed by atoms with Crippen LogP contribution in [0.1, 0.15) is 23.9 Å². The maximum Gasteiger partial charge on any atom is 0.180 e. The topological polar surface area (TPSA) is 59.1 Å². The minimum absolute atomic E-state index is 0.172. The Bertz CT molecular complexity index is 678. The summed E-state index contributed by atoms with van der Waals surface area (Å²) < 4.78 is 24.5. The molecule has 0 saturated heterocycles. The lowest BCUT2D eigenvalue weighted by Gasteiger charge is -2.11. The predicted octanol–water partition coefficient (Wildman–Crippen LogP) is 3.25. The van der Waals surface area contributed by atoms with Gasteiger partial charge in [-0.3, -0.25) is 0 Å². The third kappa shape index (κ3) is 3.37. The minimum atomic E-state index is -3.22. The number of nitrogens with one attached hydrogen (secondary N) is 1. The van der Waals surface area contributed by atoms with E-state index < -0.39 is 9.84 Å². The van der Waals surface area contributed by atoms with Gasteiger partial charge in [-0.25, -0.2) is 13.4 Å². The van der Waals surface area contributed by atoms with Gasteiger partial charge >= 0.3 is 0 Å². The highest BCUT2D eigenvalue weighted by atomic mass is 32.2. The van der Waals surface area contributed by atoms with E-state index in [2.05, 4.69) is 10.3 Å². The van der Waals surface area contributed by atoms with E-state index in [0.29, 0.717) is 23.5 Å². The molecule has 0 saturated carbocycles. The number of aromatic nitrogens is 1. The van der Waals surface area contributed by atoms with Crippen molar-refractivity contribution in [2.45, 2.75) is 31.7 Å². The zero-order valence-electron chi connectivity index (χ0n) is 11.6. The smallest absolute Gasteiger partial charge is 0.180 e. The second kappa shape index (κ2) is 6.37. The van der Waals surface area contributed by atoms with Crippen LogP contribution >= 0.6 is 11.3 Å². The van der Waals surface area contributed by atoms with Crippen molar-refractivity contribution in [2.75, 3.05) is 11.1 Å². The second-order valence-electron chi connectivity index (χ2n) is 4.53. The van der Waals surface area contributed by atoms with Gasteiger partial charge in [-0.1, -0.05) is 19.1 Å². The molecule has 0 fully saturated rings. The third-order valence-electron chi connectivity index (χ3n) is 2.98. The number of benzene rings is 1. The molecule has 0 unspecified atom stereocenters. The molecule has 2 aromatic rings. The molecule has 4 nitrogen and oxygen atoms in total. The van der Waals surface area contributed by atoms with Crippen LogP contribution in [0, 0.1) is 6.92 Å². The zero-order chi connectivity index (χ0) is 14.6. The van der Waals surface area contributed by atoms with Crippen LogP contribution in [-0.2, 0) is 16.4 Å². The van der Waals surface area contributed by atoms with Crippen molar-refractivity contribution in [3.05, 3.63) is 40.3 Å². The number of anilines is 1. The van der Waals surface area contributed by atoms with Gasteiger partial charge in [0.15, 0.2) is 9.84 Å². The van der Waals surface area contributed by atoms with E-state index in [9.17, 15) is 8.42 Å². The third-order valence-corrected chi connectivity index (χ3v) is 5.89. The molecule has 2 rings (SSSR count). The van der Waals surface area contributed by atoms with Crippen LogP contribution in [0.5, 0.6) is 0 Å². The first-order valence-electron chi connectivity index (χ1n) is 6.49. The van der Waals surface area contributed by atoms with Gasteiger partial charge in [0.1, 0.15) is 0 Å². The van der Waals surface area contributed by atoms with Crippen LogP contribution in [0.4, 0.5) is 5.69 Å². The molecule has 0 aliphatic rings. The molecule has 1 N–H and O–H groups in total. The summed E-state index contributed by atoms with van der Waals surface area (Å²) in [4.78, 5) is 5.69. The molecular formula is C14H18N2O2S2. The van der Waals surface area contributed by atoms with E-state index in [1.807, 2.05) is 19.9 Å². The number of thiazole rings is 1. The highest BCUT2D eigenvalue weighted by molar-refractivity contribution is 7.91. The summed E-state index contributed by atoms with van der Waals surface area (Å²) >= 11 is 1.57. The average Bonchev–Trinajstić information content (AvgIpc) is 2.82. The summed E-state index contributed by atoms with van der Waals surface area (Å²) in [6.45, 7) is 4.41. The monoisotopic (exact) mass is 310 g/mol. The van der Waals surface area contributed by atoms with Crippen LogP contribution in [0.15, 0.2) is 34.7 Å². The van der Waals surface area contributed by atoms with Gasteiger partial charge in [-0.15, -0.1) is 11.3 Å². The highest BCUT2D eigenvalue weighted by Gasteiger charge is 2.17. The summed E-state index contributed by atoms with van der Waals surface area (Å²) in [5.74, 6) is 0.172. The Morgan fingerprint density at radius 3 is 2.70 bits per heavy atom. The predicted molar refractivity (Wildman–Crippen MR) is 83.0 cm³/mol. The Hall–Kier alpha value is -1.40. The fourth-order valence-corrected chi connectivity index (χ4v) is 4.17. The quantitative estimate of drug-likeness (QED) is 0.890. The van der Waals surface area contributed by atoms with Crippen molar-refractivity contribution in [1.82, 2.24) is 4.98 Å². The lowest BCUT2D eigenvalue weighted by atomic mass is 10.3. The molecule has 6 heteroatoms. The number of nitrogens with zero attached hydrogens (tertiary/aromatic N) is 1. The fourth-order valence-electron chi connectivity index (χ4n) is 1.93. The van der Waals surface area contributed by atoms with E-state index in [1.165, 1.54) is 0 Å². The zero-order valence-corrected chi connectivity index (χ0v) is 13.2. The Morgan fingerprint density at radius 2 is 2.05 bits per heavy atom. The fraction of sp³-hybridized carbons (Fsp3) is 0.357. The SMILES string of the molecule is CCCS(=O)(=O)c1ccccc1NCc1scnc1C. The van der Waals surface area contributed by atoms with Crippen molar-refractivity contribution in [3.63, 3.8) is 0 Å². The van der Waals surface area contributed by atoms with Gasteiger partial charge in [0.25, 0.3) is 0 Å². The van der Waals surface area contributed by atoms with E-state index in [0.717, 1.165) is 10.6 Å². The van der Waals surface area contributed by atoms with Crippen molar-refractivity contribution in [2.24, 2.45) is 0 Å². The van der Waals surface area contributed by atoms with E-state index in [1.54, 1.807) is 35.0 Å². The summed E-state index contributed by atoms with van der Waals surface area (Å²) in [6, 6.07) is 7.06. The maximum atomic E-state index is 12.2. The van der Waals surface area contributed by atoms with Crippen molar-refractivity contribution >= 4 is 26.9 Å². The largest absolute Gasteiger partial charge is 0.379 e. The molecule has 20 heavy (non-hydrogen) atoms. The lowest BCUT2D eigenvalue weighted by molar-refractivity contribution is 0.595. The molecule has 0 spiro atoms. The molecule has 1 aromatic heterocycles. The van der Waals surface area contributed by atoms with Crippen molar-refractivity contribution < 1.29 is 8.42 Å². The summed E-state index contributed by atoms with van der Waals surface area (Å²) in [5.41, 5.74) is 3.44. The second-order valence-corrected chi connectivity index (χ2v) is 7.55. The molecule has 1 aromatic carbocycles. The summed E-state index contributed by atoms with van der Waals surface area (Å²) in [7, 11) is -3.22. The molecular weight excluding hydrogens is 292 g/mol. The molecule has 0 radical (unpaired) electrons. The first kappa shape index (κ1) is 15.0. The van der Waals surface area contributed by atoms with E-state index >= 15 is 0 Å². The van der Waals surface area contributed by atoms with Gasteiger partial charge < -0.3 is 5.32 Å². The van der Waals surface area contributed by atoms with Crippen molar-refractivity contribution in [3.8, 4) is 0 Å². The van der Waals surface area contributed by atoms with Gasteiger partial charge in [0, 0.05) is 4.88 Å². The lowest BCUT2D eigenvalue weighted by Crippen LogP contribution is -2.10. The van der Waals surface area contributed by atoms with Crippen LogP contribution in [0.25, 0.3) is 0 Å². The summed E-state index contributed by atoms with van der Waals surface area (Å²) in [6.07, 6.45) is 0.616. The Morgan fingerprint density at radius 1 is 1.30 bits per heavy atom. The number of rotatable bonds is 6. The number of sulfone groups is 1. The Balaban J connectivity index is 2.23. The van der Waals surface area contributed by atoms with E-state index in [-0.39, 0.29) is 5.75 Å². The standard InChI is InChI=1S/C14H18N2O2S2/c1-3-8-20(17,18)14-7-5-4-6-12(14)15-9-13-11(2)16-10-19-13/h4-7,10,15H,3,8-9H2,1-2H3. The summed E-state index contributed by atoms with van der Waals surface area (Å²) in [5, 5.41) is 3.21. The number of hydrogen-bond donors (Lipinski definition) is 1. The van der Waals surface area contributed by atoms with Gasteiger partial charge in [0.2, 0.25) is 0 Å². The normalized spacial score (nSPS) is 11.5. The van der Waals surface area contributed by atoms with Gasteiger partial charge in [0.05, 0.1) is 34.1 Å². The Labute approximate surface area is 123 Å². The molecule has 0 aliphatic carbocycles. The molecule has 1 heterocycles. The molecule has 0 bridgehead atoms.